The van der Waals surface area contributed by atoms with Crippen molar-refractivity contribution in [3.05, 3.63) is 59.7 Å². The minimum absolute atomic E-state index is 0.0668. The van der Waals surface area contributed by atoms with Crippen molar-refractivity contribution in [3.63, 3.8) is 0 Å². The van der Waals surface area contributed by atoms with Gasteiger partial charge in [-0.15, -0.1) is 0 Å². The highest BCUT2D eigenvalue weighted by Gasteiger charge is 2.05. The molecular weight excluding hydrogens is 352 g/mol. The number of rotatable bonds is 6. The van der Waals surface area contributed by atoms with Gasteiger partial charge < -0.3 is 19.9 Å². The molecule has 0 radical (unpaired) electrons. The van der Waals surface area contributed by atoms with E-state index >= 15 is 0 Å². The number of hydrogen-bond acceptors (Lipinski definition) is 5. The first kappa shape index (κ1) is 19.4. The molecule has 6 nitrogen and oxygen atoms in total. The van der Waals surface area contributed by atoms with Gasteiger partial charge in [0.1, 0.15) is 0 Å². The molecule has 136 valence electrons. The van der Waals surface area contributed by atoms with E-state index in [-0.39, 0.29) is 17.6 Å². The van der Waals surface area contributed by atoms with Gasteiger partial charge in [-0.1, -0.05) is 18.2 Å². The maximum absolute atomic E-state index is 12.0. The van der Waals surface area contributed by atoms with E-state index in [0.717, 1.165) is 11.1 Å². The fourth-order valence-corrected chi connectivity index (χ4v) is 2.41. The Hall–Kier alpha value is -2.90. The summed E-state index contributed by atoms with van der Waals surface area (Å²) in [6.07, 6.45) is 3.02. The fourth-order valence-electron chi connectivity index (χ4n) is 2.19. The molecular formula is C19H20N2O4S. The van der Waals surface area contributed by atoms with Gasteiger partial charge in [-0.3, -0.25) is 10.1 Å². The first-order valence-electron chi connectivity index (χ1n) is 7.77. The monoisotopic (exact) mass is 372 g/mol. The van der Waals surface area contributed by atoms with Gasteiger partial charge >= 0.3 is 0 Å². The number of hydrogen-bond donors (Lipinski definition) is 3. The molecule has 26 heavy (non-hydrogen) atoms. The Kier molecular flexibility index (Phi) is 7.13. The zero-order valence-electron chi connectivity index (χ0n) is 14.5. The van der Waals surface area contributed by atoms with Crippen molar-refractivity contribution in [1.29, 1.82) is 0 Å². The van der Waals surface area contributed by atoms with Gasteiger partial charge in [0.15, 0.2) is 16.6 Å². The summed E-state index contributed by atoms with van der Waals surface area (Å²) in [6, 6.07) is 12.4. The Morgan fingerprint density at radius 3 is 2.62 bits per heavy atom. The van der Waals surface area contributed by atoms with Gasteiger partial charge in [0.2, 0.25) is 5.91 Å². The largest absolute Gasteiger partial charge is 0.493 e. The molecule has 0 aliphatic heterocycles. The van der Waals surface area contributed by atoms with Crippen LogP contribution in [-0.4, -0.2) is 30.3 Å². The SMILES string of the molecule is COc1ccc(C=CC(=O)NC(=S)Nc2cccc(CO)c2)cc1OC. The average Bonchev–Trinajstić information content (AvgIpc) is 2.66. The molecule has 0 atom stereocenters. The maximum Gasteiger partial charge on any atom is 0.250 e. The van der Waals surface area contributed by atoms with Crippen LogP contribution in [0.25, 0.3) is 6.08 Å². The normalized spacial score (nSPS) is 10.4. The van der Waals surface area contributed by atoms with Gasteiger partial charge in [-0.2, -0.15) is 0 Å². The lowest BCUT2D eigenvalue weighted by molar-refractivity contribution is -0.115. The molecule has 0 heterocycles. The number of aliphatic hydroxyl groups is 1. The molecule has 3 N–H and O–H groups in total. The molecule has 0 saturated carbocycles. The van der Waals surface area contributed by atoms with Crippen LogP contribution in [0.5, 0.6) is 11.5 Å². The second-order valence-corrected chi connectivity index (χ2v) is 5.66. The Morgan fingerprint density at radius 1 is 1.15 bits per heavy atom. The molecule has 2 aromatic carbocycles. The van der Waals surface area contributed by atoms with Crippen LogP contribution in [-0.2, 0) is 11.4 Å². The molecule has 1 amide bonds. The summed E-state index contributed by atoms with van der Waals surface area (Å²) in [7, 11) is 3.11. The number of benzene rings is 2. The van der Waals surface area contributed by atoms with Gasteiger partial charge in [-0.25, -0.2) is 0 Å². The van der Waals surface area contributed by atoms with E-state index in [1.54, 1.807) is 56.7 Å². The van der Waals surface area contributed by atoms with E-state index in [4.69, 9.17) is 26.8 Å². The number of methoxy groups -OCH3 is 2. The molecule has 2 aromatic rings. The van der Waals surface area contributed by atoms with Crippen LogP contribution in [0.2, 0.25) is 0 Å². The second-order valence-electron chi connectivity index (χ2n) is 5.25. The zero-order chi connectivity index (χ0) is 18.9. The minimum atomic E-state index is -0.365. The van der Waals surface area contributed by atoms with E-state index in [1.807, 2.05) is 6.07 Å². The zero-order valence-corrected chi connectivity index (χ0v) is 15.3. The van der Waals surface area contributed by atoms with Crippen LogP contribution in [0.4, 0.5) is 5.69 Å². The molecule has 0 aliphatic rings. The van der Waals surface area contributed by atoms with Gasteiger partial charge in [0.25, 0.3) is 0 Å². The van der Waals surface area contributed by atoms with E-state index in [1.165, 1.54) is 6.08 Å². The predicted octanol–water partition coefficient (Wildman–Crippen LogP) is 2.72. The third-order valence-corrected chi connectivity index (χ3v) is 3.64. The Balaban J connectivity index is 1.95. The van der Waals surface area contributed by atoms with Crippen molar-refractivity contribution < 1.29 is 19.4 Å². The fraction of sp³-hybridized carbons (Fsp3) is 0.158. The van der Waals surface area contributed by atoms with Crippen molar-refractivity contribution in [2.75, 3.05) is 19.5 Å². The van der Waals surface area contributed by atoms with Crippen molar-refractivity contribution in [1.82, 2.24) is 5.32 Å². The quantitative estimate of drug-likeness (QED) is 0.534. The van der Waals surface area contributed by atoms with Gasteiger partial charge in [0.05, 0.1) is 20.8 Å². The number of nitrogens with one attached hydrogen (secondary N) is 2. The average molecular weight is 372 g/mol. The van der Waals surface area contributed by atoms with Crippen LogP contribution in [0.3, 0.4) is 0 Å². The molecule has 0 spiro atoms. The number of carbonyl (C=O) groups is 1. The summed E-state index contributed by atoms with van der Waals surface area (Å²) in [5.41, 5.74) is 2.22. The molecule has 0 aromatic heterocycles. The van der Waals surface area contributed by atoms with Crippen molar-refractivity contribution in [2.45, 2.75) is 6.61 Å². The Morgan fingerprint density at radius 2 is 1.92 bits per heavy atom. The molecule has 0 bridgehead atoms. The molecule has 0 aliphatic carbocycles. The van der Waals surface area contributed by atoms with Crippen LogP contribution < -0.4 is 20.1 Å². The van der Waals surface area contributed by atoms with Gasteiger partial charge in [0, 0.05) is 11.8 Å². The number of aliphatic hydroxyl groups excluding tert-OH is 1. The summed E-state index contributed by atoms with van der Waals surface area (Å²) < 4.78 is 10.4. The third-order valence-electron chi connectivity index (χ3n) is 3.44. The number of amides is 1. The van der Waals surface area contributed by atoms with E-state index < -0.39 is 0 Å². The molecule has 7 heteroatoms. The summed E-state index contributed by atoms with van der Waals surface area (Å²) >= 11 is 5.12. The van der Waals surface area contributed by atoms with Crippen molar-refractivity contribution in [3.8, 4) is 11.5 Å². The molecule has 0 saturated heterocycles. The van der Waals surface area contributed by atoms with Crippen LogP contribution >= 0.6 is 12.2 Å². The second kappa shape index (κ2) is 9.55. The van der Waals surface area contributed by atoms with Crippen LogP contribution in [0, 0.1) is 0 Å². The minimum Gasteiger partial charge on any atom is -0.493 e. The summed E-state index contributed by atoms with van der Waals surface area (Å²) in [5, 5.41) is 14.8. The predicted molar refractivity (Wildman–Crippen MR) is 105 cm³/mol. The van der Waals surface area contributed by atoms with E-state index in [9.17, 15) is 4.79 Å². The molecule has 2 rings (SSSR count). The lowest BCUT2D eigenvalue weighted by atomic mass is 10.2. The highest BCUT2D eigenvalue weighted by Crippen LogP contribution is 2.27. The number of anilines is 1. The summed E-state index contributed by atoms with van der Waals surface area (Å²) in [6.45, 7) is -0.0668. The van der Waals surface area contributed by atoms with E-state index in [2.05, 4.69) is 10.6 Å². The number of ether oxygens (including phenoxy) is 2. The molecule has 0 unspecified atom stereocenters. The van der Waals surface area contributed by atoms with E-state index in [0.29, 0.717) is 17.2 Å². The maximum atomic E-state index is 12.0. The highest BCUT2D eigenvalue weighted by atomic mass is 32.1. The first-order chi connectivity index (χ1) is 12.5. The standard InChI is InChI=1S/C19H20N2O4S/c1-24-16-8-6-13(11-17(16)25-2)7-9-18(23)21-19(26)20-15-5-3-4-14(10-15)12-22/h3-11,22H,12H2,1-2H3,(H2,20,21,23,26). The van der Waals surface area contributed by atoms with Crippen molar-refractivity contribution in [2.24, 2.45) is 0 Å². The number of carbonyl (C=O) groups excluding carboxylic acids is 1. The first-order valence-corrected chi connectivity index (χ1v) is 8.18. The number of thiocarbonyl (C=S) groups is 1. The van der Waals surface area contributed by atoms with Crippen molar-refractivity contribution >= 4 is 35.0 Å². The lowest BCUT2D eigenvalue weighted by Crippen LogP contribution is -2.32. The Labute approximate surface area is 157 Å². The summed E-state index contributed by atoms with van der Waals surface area (Å²) in [4.78, 5) is 12.0. The summed E-state index contributed by atoms with van der Waals surface area (Å²) in [5.74, 6) is 0.830. The topological polar surface area (TPSA) is 79.8 Å². The van der Waals surface area contributed by atoms with Crippen LogP contribution in [0.15, 0.2) is 48.5 Å². The Bertz CT molecular complexity index is 821. The highest BCUT2D eigenvalue weighted by molar-refractivity contribution is 7.80. The smallest absolute Gasteiger partial charge is 0.250 e. The lowest BCUT2D eigenvalue weighted by Gasteiger charge is -2.09. The third kappa shape index (κ3) is 5.58. The van der Waals surface area contributed by atoms with Crippen LogP contribution in [0.1, 0.15) is 11.1 Å². The van der Waals surface area contributed by atoms with Gasteiger partial charge in [-0.05, 0) is 53.7 Å². The molecule has 0 fully saturated rings.